The van der Waals surface area contributed by atoms with Gasteiger partial charge in [0.1, 0.15) is 0 Å². The summed E-state index contributed by atoms with van der Waals surface area (Å²) in [7, 11) is 0. The fourth-order valence-electron chi connectivity index (χ4n) is 3.20. The zero-order chi connectivity index (χ0) is 12.7. The van der Waals surface area contributed by atoms with E-state index in [0.29, 0.717) is 6.04 Å². The van der Waals surface area contributed by atoms with Crippen LogP contribution < -0.4 is 5.32 Å². The molecular formula is C16H21N3. The van der Waals surface area contributed by atoms with Gasteiger partial charge in [-0.05, 0) is 48.4 Å². The van der Waals surface area contributed by atoms with Crippen molar-refractivity contribution >= 4 is 10.9 Å². The average Bonchev–Trinajstić information content (AvgIpc) is 3.01. The molecule has 100 valence electrons. The van der Waals surface area contributed by atoms with Crippen molar-refractivity contribution in [1.29, 1.82) is 0 Å². The second-order valence-electron chi connectivity index (χ2n) is 5.99. The number of fused-ring (bicyclic) bond motifs is 1. The van der Waals surface area contributed by atoms with E-state index in [0.717, 1.165) is 12.6 Å². The lowest BCUT2D eigenvalue weighted by molar-refractivity contribution is 0.317. The minimum Gasteiger partial charge on any atom is -0.361 e. The Labute approximate surface area is 114 Å². The summed E-state index contributed by atoms with van der Waals surface area (Å²) in [6, 6.07) is 10.4. The first-order valence-corrected chi connectivity index (χ1v) is 7.42. The fraction of sp³-hybridized carbons (Fsp3) is 0.500. The third-order valence-corrected chi connectivity index (χ3v) is 4.50. The topological polar surface area (TPSA) is 31.1 Å². The summed E-state index contributed by atoms with van der Waals surface area (Å²) in [6.45, 7) is 3.53. The molecular weight excluding hydrogens is 234 g/mol. The van der Waals surface area contributed by atoms with Gasteiger partial charge in [0, 0.05) is 43.4 Å². The molecule has 1 unspecified atom stereocenters. The van der Waals surface area contributed by atoms with Crippen LogP contribution in [-0.4, -0.2) is 35.1 Å². The molecule has 1 saturated heterocycles. The largest absolute Gasteiger partial charge is 0.361 e. The molecule has 2 aliphatic rings. The number of aromatic nitrogens is 1. The van der Waals surface area contributed by atoms with Gasteiger partial charge in [0.05, 0.1) is 0 Å². The Kier molecular flexibility index (Phi) is 2.82. The highest BCUT2D eigenvalue weighted by Crippen LogP contribution is 2.29. The highest BCUT2D eigenvalue weighted by atomic mass is 15.2. The molecule has 0 bridgehead atoms. The van der Waals surface area contributed by atoms with Gasteiger partial charge in [-0.1, -0.05) is 6.07 Å². The van der Waals surface area contributed by atoms with Crippen LogP contribution in [0.25, 0.3) is 10.9 Å². The maximum atomic E-state index is 3.72. The quantitative estimate of drug-likeness (QED) is 0.879. The van der Waals surface area contributed by atoms with Crippen molar-refractivity contribution in [3.8, 4) is 0 Å². The van der Waals surface area contributed by atoms with Crippen LogP contribution in [0.2, 0.25) is 0 Å². The normalized spacial score (nSPS) is 24.3. The first-order valence-electron chi connectivity index (χ1n) is 7.42. The maximum Gasteiger partial charge on any atom is 0.0454 e. The van der Waals surface area contributed by atoms with Gasteiger partial charge in [0.25, 0.3) is 0 Å². The second kappa shape index (κ2) is 4.66. The molecule has 4 rings (SSSR count). The van der Waals surface area contributed by atoms with E-state index in [1.807, 2.05) is 6.20 Å². The third kappa shape index (κ3) is 2.40. The molecule has 2 aromatic rings. The van der Waals surface area contributed by atoms with Gasteiger partial charge in [0.15, 0.2) is 0 Å². The van der Waals surface area contributed by atoms with Crippen molar-refractivity contribution < 1.29 is 0 Å². The SMILES string of the molecule is c1cc2cc(CNC3CCN(C4CC4)C3)ccc2[nH]1. The monoisotopic (exact) mass is 255 g/mol. The molecule has 2 heterocycles. The molecule has 1 saturated carbocycles. The second-order valence-corrected chi connectivity index (χ2v) is 5.99. The Morgan fingerprint density at radius 1 is 1.21 bits per heavy atom. The number of hydrogen-bond acceptors (Lipinski definition) is 2. The van der Waals surface area contributed by atoms with Crippen molar-refractivity contribution in [2.45, 2.75) is 37.9 Å². The average molecular weight is 255 g/mol. The fourth-order valence-corrected chi connectivity index (χ4v) is 3.20. The summed E-state index contributed by atoms with van der Waals surface area (Å²) in [6.07, 6.45) is 6.17. The van der Waals surface area contributed by atoms with E-state index in [-0.39, 0.29) is 0 Å². The van der Waals surface area contributed by atoms with E-state index in [4.69, 9.17) is 0 Å². The van der Waals surface area contributed by atoms with Crippen LogP contribution in [0.3, 0.4) is 0 Å². The number of likely N-dealkylation sites (tertiary alicyclic amines) is 1. The van der Waals surface area contributed by atoms with Crippen molar-refractivity contribution in [2.75, 3.05) is 13.1 Å². The third-order valence-electron chi connectivity index (χ3n) is 4.50. The molecule has 3 heteroatoms. The number of benzene rings is 1. The van der Waals surface area contributed by atoms with Gasteiger partial charge in [-0.25, -0.2) is 0 Å². The highest BCUT2D eigenvalue weighted by molar-refractivity contribution is 5.79. The lowest BCUT2D eigenvalue weighted by atomic mass is 10.1. The molecule has 2 N–H and O–H groups in total. The molecule has 1 aliphatic heterocycles. The predicted molar refractivity (Wildman–Crippen MR) is 78.1 cm³/mol. The molecule has 3 nitrogen and oxygen atoms in total. The Bertz CT molecular complexity index is 570. The van der Waals surface area contributed by atoms with Crippen LogP contribution in [0.15, 0.2) is 30.5 Å². The minimum absolute atomic E-state index is 0.683. The molecule has 2 fully saturated rings. The summed E-state index contributed by atoms with van der Waals surface area (Å²) in [4.78, 5) is 5.90. The number of hydrogen-bond donors (Lipinski definition) is 2. The van der Waals surface area contributed by atoms with Crippen LogP contribution >= 0.6 is 0 Å². The van der Waals surface area contributed by atoms with Crippen LogP contribution in [0.1, 0.15) is 24.8 Å². The van der Waals surface area contributed by atoms with E-state index in [1.54, 1.807) is 0 Å². The molecule has 1 aromatic carbocycles. The molecule has 0 amide bonds. The Morgan fingerprint density at radius 3 is 3.05 bits per heavy atom. The van der Waals surface area contributed by atoms with Crippen LogP contribution in [0.5, 0.6) is 0 Å². The van der Waals surface area contributed by atoms with Crippen molar-refractivity contribution in [1.82, 2.24) is 15.2 Å². The Hall–Kier alpha value is -1.32. The van der Waals surface area contributed by atoms with Crippen LogP contribution in [0.4, 0.5) is 0 Å². The van der Waals surface area contributed by atoms with Crippen molar-refractivity contribution in [3.05, 3.63) is 36.0 Å². The summed E-state index contributed by atoms with van der Waals surface area (Å²) < 4.78 is 0. The van der Waals surface area contributed by atoms with E-state index in [2.05, 4.69) is 39.5 Å². The molecule has 1 aliphatic carbocycles. The number of H-pyrrole nitrogens is 1. The summed E-state index contributed by atoms with van der Waals surface area (Å²) >= 11 is 0. The Morgan fingerprint density at radius 2 is 2.16 bits per heavy atom. The summed E-state index contributed by atoms with van der Waals surface area (Å²) in [5.41, 5.74) is 2.61. The molecule has 0 radical (unpaired) electrons. The lowest BCUT2D eigenvalue weighted by Gasteiger charge is -2.15. The van der Waals surface area contributed by atoms with Gasteiger partial charge < -0.3 is 10.3 Å². The van der Waals surface area contributed by atoms with Crippen molar-refractivity contribution in [2.24, 2.45) is 0 Å². The first kappa shape index (κ1) is 11.5. The minimum atomic E-state index is 0.683. The smallest absolute Gasteiger partial charge is 0.0454 e. The summed E-state index contributed by atoms with van der Waals surface area (Å²) in [5.74, 6) is 0. The van der Waals surface area contributed by atoms with E-state index in [9.17, 15) is 0 Å². The zero-order valence-corrected chi connectivity index (χ0v) is 11.2. The molecule has 19 heavy (non-hydrogen) atoms. The van der Waals surface area contributed by atoms with Gasteiger partial charge in [-0.3, -0.25) is 4.90 Å². The standard InChI is InChI=1S/C16H21N3/c1-4-16-13(5-7-17-16)9-12(1)10-18-14-6-8-19(11-14)15-2-3-15/h1,4-5,7,9,14-15,17-18H,2-3,6,8,10-11H2. The summed E-state index contributed by atoms with van der Waals surface area (Å²) in [5, 5.41) is 5.03. The molecule has 1 atom stereocenters. The number of nitrogens with zero attached hydrogens (tertiary/aromatic N) is 1. The number of aromatic amines is 1. The predicted octanol–water partition coefficient (Wildman–Crippen LogP) is 2.49. The number of nitrogens with one attached hydrogen (secondary N) is 2. The van der Waals surface area contributed by atoms with Crippen LogP contribution in [-0.2, 0) is 6.54 Å². The molecule has 0 spiro atoms. The van der Waals surface area contributed by atoms with E-state index >= 15 is 0 Å². The molecule has 1 aromatic heterocycles. The van der Waals surface area contributed by atoms with E-state index < -0.39 is 0 Å². The zero-order valence-electron chi connectivity index (χ0n) is 11.2. The Balaban J connectivity index is 1.36. The van der Waals surface area contributed by atoms with Gasteiger partial charge in [-0.15, -0.1) is 0 Å². The maximum absolute atomic E-state index is 3.72. The first-order chi connectivity index (χ1) is 9.38. The lowest BCUT2D eigenvalue weighted by Crippen LogP contribution is -2.32. The van der Waals surface area contributed by atoms with Gasteiger partial charge >= 0.3 is 0 Å². The van der Waals surface area contributed by atoms with Crippen molar-refractivity contribution in [3.63, 3.8) is 0 Å². The van der Waals surface area contributed by atoms with Gasteiger partial charge in [-0.2, -0.15) is 0 Å². The van der Waals surface area contributed by atoms with Gasteiger partial charge in [0.2, 0.25) is 0 Å². The number of rotatable bonds is 4. The van der Waals surface area contributed by atoms with E-state index in [1.165, 1.54) is 48.8 Å². The highest BCUT2D eigenvalue weighted by Gasteiger charge is 2.33. The van der Waals surface area contributed by atoms with Crippen LogP contribution in [0, 0.1) is 0 Å².